The molecule has 3 rings (SSSR count). The lowest BCUT2D eigenvalue weighted by atomic mass is 10.1. The van der Waals surface area contributed by atoms with Gasteiger partial charge in [-0.2, -0.15) is 0 Å². The van der Waals surface area contributed by atoms with Crippen LogP contribution in [-0.4, -0.2) is 28.4 Å². The fraction of sp³-hybridized carbons (Fsp3) is 0.0667. The molecule has 0 fully saturated rings. The van der Waals surface area contributed by atoms with Crippen molar-refractivity contribution in [1.29, 1.82) is 0 Å². The fourth-order valence-corrected chi connectivity index (χ4v) is 2.51. The quantitative estimate of drug-likeness (QED) is 0.480. The highest BCUT2D eigenvalue weighted by molar-refractivity contribution is 6.30. The monoisotopic (exact) mass is 350 g/mol. The summed E-state index contributed by atoms with van der Waals surface area (Å²) in [5.74, 6) is -2.99. The smallest absolute Gasteiger partial charge is 0.315 e. The molecular weight excluding hydrogens is 343 g/mol. The van der Waals surface area contributed by atoms with Crippen molar-refractivity contribution >= 4 is 29.1 Å². The molecule has 1 heterocycles. The molecule has 0 bridgehead atoms. The molecule has 0 saturated carbocycles. The van der Waals surface area contributed by atoms with Crippen LogP contribution in [-0.2, 0) is 0 Å². The largest absolute Gasteiger partial charge is 0.463 e. The Morgan fingerprint density at radius 2 is 1.75 bits per heavy atom. The van der Waals surface area contributed by atoms with Crippen molar-refractivity contribution < 1.29 is 23.6 Å². The van der Waals surface area contributed by atoms with Crippen LogP contribution in [0, 0.1) is 15.9 Å². The van der Waals surface area contributed by atoms with Gasteiger partial charge in [0, 0.05) is 6.07 Å². The van der Waals surface area contributed by atoms with E-state index in [1.165, 1.54) is 12.1 Å². The molecule has 7 nitrogen and oxygen atoms in total. The number of rotatable bonds is 4. The summed E-state index contributed by atoms with van der Waals surface area (Å²) in [7, 11) is 0. The Kier molecular flexibility index (Phi) is 3.90. The van der Waals surface area contributed by atoms with Crippen molar-refractivity contribution in [3.8, 4) is 5.75 Å². The Balaban J connectivity index is 1.87. The maximum Gasteiger partial charge on any atom is 0.315 e. The van der Waals surface area contributed by atoms with Crippen molar-refractivity contribution in [3.05, 3.63) is 68.5 Å². The van der Waals surface area contributed by atoms with Crippen molar-refractivity contribution in [2.75, 3.05) is 6.73 Å². The zero-order chi connectivity index (χ0) is 17.4. The lowest BCUT2D eigenvalue weighted by Crippen LogP contribution is -2.33. The van der Waals surface area contributed by atoms with Gasteiger partial charge in [0.05, 0.1) is 21.1 Å². The molecule has 1 aliphatic heterocycles. The zero-order valence-electron chi connectivity index (χ0n) is 11.9. The average molecular weight is 351 g/mol. The summed E-state index contributed by atoms with van der Waals surface area (Å²) in [5, 5.41) is 10.8. The van der Waals surface area contributed by atoms with Gasteiger partial charge >= 0.3 is 5.69 Å². The Morgan fingerprint density at radius 3 is 2.29 bits per heavy atom. The first-order valence-corrected chi connectivity index (χ1v) is 6.99. The molecule has 2 aromatic rings. The van der Waals surface area contributed by atoms with Gasteiger partial charge in [0.2, 0.25) is 5.75 Å². The first-order chi connectivity index (χ1) is 11.4. The third-order valence-corrected chi connectivity index (χ3v) is 3.62. The molecule has 2 aromatic carbocycles. The number of amides is 2. The second-order valence-corrected chi connectivity index (χ2v) is 5.29. The molecule has 24 heavy (non-hydrogen) atoms. The molecule has 0 saturated heterocycles. The molecule has 0 spiro atoms. The first-order valence-electron chi connectivity index (χ1n) is 6.61. The van der Waals surface area contributed by atoms with Crippen LogP contribution in [0.5, 0.6) is 5.75 Å². The summed E-state index contributed by atoms with van der Waals surface area (Å²) < 4.78 is 18.9. The van der Waals surface area contributed by atoms with Crippen molar-refractivity contribution in [1.82, 2.24) is 4.90 Å². The summed E-state index contributed by atoms with van der Waals surface area (Å²) in [6.07, 6.45) is 0. The highest BCUT2D eigenvalue weighted by atomic mass is 35.5. The average Bonchev–Trinajstić information content (AvgIpc) is 2.78. The predicted octanol–water partition coefficient (Wildman–Crippen LogP) is 3.02. The van der Waals surface area contributed by atoms with Crippen LogP contribution < -0.4 is 4.74 Å². The van der Waals surface area contributed by atoms with Crippen molar-refractivity contribution in [2.45, 2.75) is 0 Å². The molecule has 122 valence electrons. The summed E-state index contributed by atoms with van der Waals surface area (Å²) in [4.78, 5) is 35.2. The standard InChI is InChI=1S/C15H8ClFN2O5/c16-8-5-11(17)13(12(6-8)19(22)23)24-7-18-14(20)9-3-1-2-4-10(9)15(18)21/h1-6H,7H2. The molecular formula is C15H8ClFN2O5. The van der Waals surface area contributed by atoms with E-state index in [9.17, 15) is 24.1 Å². The van der Waals surface area contributed by atoms with Crippen LogP contribution in [0.3, 0.4) is 0 Å². The fourth-order valence-electron chi connectivity index (χ4n) is 2.31. The number of benzene rings is 2. The number of carbonyl (C=O) groups is 2. The predicted molar refractivity (Wildman–Crippen MR) is 80.5 cm³/mol. The Morgan fingerprint density at radius 1 is 1.17 bits per heavy atom. The van der Waals surface area contributed by atoms with Crippen LogP contribution in [0.2, 0.25) is 5.02 Å². The molecule has 1 aliphatic rings. The maximum absolute atomic E-state index is 13.9. The van der Waals surface area contributed by atoms with Gasteiger partial charge in [0.25, 0.3) is 11.8 Å². The second-order valence-electron chi connectivity index (χ2n) is 4.85. The van der Waals surface area contributed by atoms with E-state index in [2.05, 4.69) is 0 Å². The van der Waals surface area contributed by atoms with Gasteiger partial charge in [-0.15, -0.1) is 0 Å². The molecule has 2 amide bonds. The molecule has 0 unspecified atom stereocenters. The summed E-state index contributed by atoms with van der Waals surface area (Å²) in [6.45, 7) is -0.661. The minimum Gasteiger partial charge on any atom is -0.463 e. The number of carbonyl (C=O) groups excluding carboxylic acids is 2. The number of fused-ring (bicyclic) bond motifs is 1. The lowest BCUT2D eigenvalue weighted by molar-refractivity contribution is -0.386. The maximum atomic E-state index is 13.9. The number of hydrogen-bond acceptors (Lipinski definition) is 5. The van der Waals surface area contributed by atoms with Crippen LogP contribution in [0.4, 0.5) is 10.1 Å². The Hall–Kier alpha value is -3.00. The van der Waals surface area contributed by atoms with Gasteiger partial charge < -0.3 is 4.74 Å². The lowest BCUT2D eigenvalue weighted by Gasteiger charge is -2.15. The van der Waals surface area contributed by atoms with Gasteiger partial charge in [-0.3, -0.25) is 19.7 Å². The Labute approximate surface area is 139 Å². The van der Waals surface area contributed by atoms with Crippen molar-refractivity contribution in [2.24, 2.45) is 0 Å². The minimum atomic E-state index is -1.06. The van der Waals surface area contributed by atoms with Crippen LogP contribution in [0.15, 0.2) is 36.4 Å². The van der Waals surface area contributed by atoms with E-state index in [1.54, 1.807) is 12.1 Å². The molecule has 0 aromatic heterocycles. The first kappa shape index (κ1) is 15.9. The molecule has 0 N–H and O–H groups in total. The molecule has 0 atom stereocenters. The van der Waals surface area contributed by atoms with Gasteiger partial charge in [-0.05, 0) is 18.2 Å². The van der Waals surface area contributed by atoms with E-state index in [0.717, 1.165) is 17.0 Å². The van der Waals surface area contributed by atoms with Gasteiger partial charge in [-0.1, -0.05) is 23.7 Å². The van der Waals surface area contributed by atoms with E-state index < -0.39 is 40.7 Å². The number of nitrogens with zero attached hydrogens (tertiary/aromatic N) is 2. The van der Waals surface area contributed by atoms with Crippen LogP contribution >= 0.6 is 11.6 Å². The highest BCUT2D eigenvalue weighted by Gasteiger charge is 2.36. The van der Waals surface area contributed by atoms with E-state index in [-0.39, 0.29) is 16.1 Å². The molecule has 0 radical (unpaired) electrons. The third kappa shape index (κ3) is 2.56. The highest BCUT2D eigenvalue weighted by Crippen LogP contribution is 2.34. The second kappa shape index (κ2) is 5.89. The molecule has 0 aliphatic carbocycles. The number of halogens is 2. The van der Waals surface area contributed by atoms with Crippen LogP contribution in [0.1, 0.15) is 20.7 Å². The number of nitro benzene ring substituents is 1. The van der Waals surface area contributed by atoms with Gasteiger partial charge in [0.1, 0.15) is 0 Å². The number of hydrogen-bond donors (Lipinski definition) is 0. The number of nitro groups is 1. The SMILES string of the molecule is O=C1c2ccccc2C(=O)N1COc1c(F)cc(Cl)cc1[N+](=O)[O-]. The van der Waals surface area contributed by atoms with E-state index in [1.807, 2.05) is 0 Å². The third-order valence-electron chi connectivity index (χ3n) is 3.40. The topological polar surface area (TPSA) is 89.8 Å². The number of ether oxygens (including phenoxy) is 1. The van der Waals surface area contributed by atoms with Crippen LogP contribution in [0.25, 0.3) is 0 Å². The van der Waals surface area contributed by atoms with E-state index in [4.69, 9.17) is 16.3 Å². The van der Waals surface area contributed by atoms with Gasteiger partial charge in [-0.25, -0.2) is 9.29 Å². The molecule has 9 heteroatoms. The minimum absolute atomic E-state index is 0.174. The summed E-state index contributed by atoms with van der Waals surface area (Å²) >= 11 is 5.58. The van der Waals surface area contributed by atoms with Gasteiger partial charge in [0.15, 0.2) is 12.5 Å². The zero-order valence-corrected chi connectivity index (χ0v) is 12.6. The Bertz CT molecular complexity index is 851. The summed E-state index contributed by atoms with van der Waals surface area (Å²) in [6, 6.07) is 7.90. The van der Waals surface area contributed by atoms with Crippen molar-refractivity contribution in [3.63, 3.8) is 0 Å². The van der Waals surface area contributed by atoms with E-state index in [0.29, 0.717) is 0 Å². The van der Waals surface area contributed by atoms with E-state index >= 15 is 0 Å². The summed E-state index contributed by atoms with van der Waals surface area (Å²) in [5.41, 5.74) is -0.314. The normalized spacial score (nSPS) is 13.2. The number of imide groups is 1.